The van der Waals surface area contributed by atoms with Crippen LogP contribution in [0.1, 0.15) is 41.9 Å². The van der Waals surface area contributed by atoms with Crippen molar-refractivity contribution in [2.24, 2.45) is 0 Å². The first kappa shape index (κ1) is 19.7. The van der Waals surface area contributed by atoms with Crippen LogP contribution in [0.15, 0.2) is 53.0 Å². The minimum atomic E-state index is -0.532. The van der Waals surface area contributed by atoms with Crippen LogP contribution in [0.3, 0.4) is 0 Å². The molecule has 152 valence electrons. The minimum Gasteiger partial charge on any atom is -0.463 e. The quantitative estimate of drug-likeness (QED) is 0.739. The molecule has 2 amide bonds. The van der Waals surface area contributed by atoms with E-state index in [1.54, 1.807) is 18.3 Å². The topological polar surface area (TPSA) is 70.7 Å². The smallest absolute Gasteiger partial charge is 0.338 e. The summed E-state index contributed by atoms with van der Waals surface area (Å²) in [6, 6.07) is 11.1. The summed E-state index contributed by atoms with van der Waals surface area (Å²) in [6.45, 7) is 5.61. The molecule has 2 atom stereocenters. The van der Waals surface area contributed by atoms with Gasteiger partial charge in [0.2, 0.25) is 0 Å². The number of carbonyl (C=O) groups excluding carboxylic acids is 2. The zero-order valence-electron chi connectivity index (χ0n) is 16.6. The molecule has 0 spiro atoms. The van der Waals surface area contributed by atoms with Gasteiger partial charge in [-0.1, -0.05) is 30.3 Å². The SMILES string of the molecule is CCOC(=O)C1=C(CN2CCc3sccc3C2C)NC(=O)NC1c1ccccc1. The molecule has 3 heterocycles. The lowest BCUT2D eigenvalue weighted by Gasteiger charge is -2.36. The van der Waals surface area contributed by atoms with E-state index < -0.39 is 12.0 Å². The van der Waals surface area contributed by atoms with Gasteiger partial charge in [0.1, 0.15) is 0 Å². The Morgan fingerprint density at radius 2 is 2.07 bits per heavy atom. The van der Waals surface area contributed by atoms with Gasteiger partial charge < -0.3 is 15.4 Å². The van der Waals surface area contributed by atoms with E-state index in [0.717, 1.165) is 18.5 Å². The maximum Gasteiger partial charge on any atom is 0.338 e. The van der Waals surface area contributed by atoms with Crippen molar-refractivity contribution in [1.29, 1.82) is 0 Å². The predicted molar refractivity (Wildman–Crippen MR) is 113 cm³/mol. The summed E-state index contributed by atoms with van der Waals surface area (Å²) >= 11 is 1.79. The fraction of sp³-hybridized carbons (Fsp3) is 0.364. The van der Waals surface area contributed by atoms with Crippen LogP contribution in [0.5, 0.6) is 0 Å². The van der Waals surface area contributed by atoms with Crippen LogP contribution in [0.4, 0.5) is 4.79 Å². The highest BCUT2D eigenvalue weighted by molar-refractivity contribution is 7.10. The number of ether oxygens (including phenoxy) is 1. The number of thiophene rings is 1. The first-order chi connectivity index (χ1) is 14.1. The third kappa shape index (κ3) is 3.93. The second-order valence-corrected chi connectivity index (χ2v) is 8.25. The second-order valence-electron chi connectivity index (χ2n) is 7.25. The van der Waals surface area contributed by atoms with Gasteiger partial charge in [-0.05, 0) is 42.8 Å². The monoisotopic (exact) mass is 411 g/mol. The lowest BCUT2D eigenvalue weighted by Crippen LogP contribution is -2.49. The van der Waals surface area contributed by atoms with E-state index in [1.807, 2.05) is 30.3 Å². The number of carbonyl (C=O) groups is 2. The van der Waals surface area contributed by atoms with Crippen LogP contribution >= 0.6 is 11.3 Å². The molecule has 0 saturated carbocycles. The molecule has 0 aliphatic carbocycles. The Morgan fingerprint density at radius 1 is 1.28 bits per heavy atom. The largest absolute Gasteiger partial charge is 0.463 e. The number of hydrogen-bond donors (Lipinski definition) is 2. The number of esters is 1. The highest BCUT2D eigenvalue weighted by Crippen LogP contribution is 2.34. The Labute approximate surface area is 174 Å². The molecule has 6 nitrogen and oxygen atoms in total. The number of urea groups is 1. The number of amides is 2. The van der Waals surface area contributed by atoms with Crippen LogP contribution in [-0.2, 0) is 16.0 Å². The van der Waals surface area contributed by atoms with E-state index in [-0.39, 0.29) is 18.7 Å². The van der Waals surface area contributed by atoms with Crippen molar-refractivity contribution >= 4 is 23.3 Å². The highest BCUT2D eigenvalue weighted by atomic mass is 32.1. The first-order valence-electron chi connectivity index (χ1n) is 9.91. The molecule has 29 heavy (non-hydrogen) atoms. The Kier molecular flexibility index (Phi) is 5.69. The molecule has 2 aromatic rings. The molecule has 1 aromatic heterocycles. The van der Waals surface area contributed by atoms with Crippen LogP contribution in [0.2, 0.25) is 0 Å². The van der Waals surface area contributed by atoms with Gasteiger partial charge in [0.15, 0.2) is 0 Å². The van der Waals surface area contributed by atoms with Crippen molar-refractivity contribution < 1.29 is 14.3 Å². The molecular weight excluding hydrogens is 386 g/mol. The van der Waals surface area contributed by atoms with Crippen molar-refractivity contribution in [3.63, 3.8) is 0 Å². The minimum absolute atomic E-state index is 0.225. The number of nitrogens with zero attached hydrogens (tertiary/aromatic N) is 1. The Bertz CT molecular complexity index is 938. The number of rotatable bonds is 5. The molecule has 2 N–H and O–H groups in total. The normalized spacial score (nSPS) is 21.9. The average molecular weight is 412 g/mol. The van der Waals surface area contributed by atoms with Gasteiger partial charge in [0.05, 0.1) is 18.2 Å². The summed E-state index contributed by atoms with van der Waals surface area (Å²) in [5.41, 5.74) is 3.28. The van der Waals surface area contributed by atoms with E-state index in [1.165, 1.54) is 10.4 Å². The van der Waals surface area contributed by atoms with Gasteiger partial charge in [-0.3, -0.25) is 4.90 Å². The zero-order chi connectivity index (χ0) is 20.4. The standard InChI is InChI=1S/C22H25N3O3S/c1-3-28-21(26)19-17(13-25-11-9-18-16(14(25)2)10-12-29-18)23-22(27)24-20(19)15-7-5-4-6-8-15/h4-8,10,12,14,20H,3,9,11,13H2,1-2H3,(H2,23,24,27). The van der Waals surface area contributed by atoms with E-state index in [2.05, 4.69) is 33.9 Å². The lowest BCUT2D eigenvalue weighted by molar-refractivity contribution is -0.139. The molecular formula is C22H25N3O3S. The predicted octanol–water partition coefficient (Wildman–Crippen LogP) is 3.54. The zero-order valence-corrected chi connectivity index (χ0v) is 17.4. The van der Waals surface area contributed by atoms with Crippen LogP contribution < -0.4 is 10.6 Å². The third-order valence-electron chi connectivity index (χ3n) is 5.55. The maximum atomic E-state index is 12.9. The Morgan fingerprint density at radius 3 is 2.83 bits per heavy atom. The highest BCUT2D eigenvalue weighted by Gasteiger charge is 2.35. The fourth-order valence-electron chi connectivity index (χ4n) is 4.07. The van der Waals surface area contributed by atoms with Crippen molar-refractivity contribution in [2.45, 2.75) is 32.4 Å². The fourth-order valence-corrected chi connectivity index (χ4v) is 5.03. The van der Waals surface area contributed by atoms with Gasteiger partial charge in [0.25, 0.3) is 0 Å². The summed E-state index contributed by atoms with van der Waals surface area (Å²) in [5, 5.41) is 7.90. The Hall–Kier alpha value is -2.64. The van der Waals surface area contributed by atoms with Gasteiger partial charge in [-0.2, -0.15) is 0 Å². The van der Waals surface area contributed by atoms with Crippen molar-refractivity contribution in [2.75, 3.05) is 19.7 Å². The lowest BCUT2D eigenvalue weighted by atomic mass is 9.94. The third-order valence-corrected chi connectivity index (χ3v) is 6.54. The van der Waals surface area contributed by atoms with E-state index in [9.17, 15) is 9.59 Å². The van der Waals surface area contributed by atoms with E-state index in [4.69, 9.17) is 4.74 Å². The molecule has 2 unspecified atom stereocenters. The van der Waals surface area contributed by atoms with Gasteiger partial charge in [-0.15, -0.1) is 11.3 Å². The van der Waals surface area contributed by atoms with Crippen molar-refractivity contribution in [1.82, 2.24) is 15.5 Å². The molecule has 1 aromatic carbocycles. The van der Waals surface area contributed by atoms with Crippen molar-refractivity contribution in [3.8, 4) is 0 Å². The summed E-state index contributed by atoms with van der Waals surface area (Å²) in [4.78, 5) is 29.1. The number of fused-ring (bicyclic) bond motifs is 1. The first-order valence-corrected chi connectivity index (χ1v) is 10.8. The van der Waals surface area contributed by atoms with Crippen molar-refractivity contribution in [3.05, 3.63) is 69.1 Å². The molecule has 2 aliphatic rings. The van der Waals surface area contributed by atoms with Gasteiger partial charge in [0, 0.05) is 29.7 Å². The maximum absolute atomic E-state index is 12.9. The number of nitrogens with one attached hydrogen (secondary N) is 2. The molecule has 0 fully saturated rings. The summed E-state index contributed by atoms with van der Waals surface area (Å²) in [5.74, 6) is -0.398. The van der Waals surface area contributed by atoms with Gasteiger partial charge >= 0.3 is 12.0 Å². The van der Waals surface area contributed by atoms with Crippen LogP contribution in [0, 0.1) is 0 Å². The summed E-state index contributed by atoms with van der Waals surface area (Å²) < 4.78 is 5.35. The number of benzene rings is 1. The Balaban J connectivity index is 1.70. The molecule has 0 bridgehead atoms. The van der Waals surface area contributed by atoms with Crippen LogP contribution in [0.25, 0.3) is 0 Å². The number of hydrogen-bond acceptors (Lipinski definition) is 5. The molecule has 7 heteroatoms. The molecule has 2 aliphatic heterocycles. The molecule has 4 rings (SSSR count). The second kappa shape index (κ2) is 8.39. The van der Waals surface area contributed by atoms with Gasteiger partial charge in [-0.25, -0.2) is 9.59 Å². The summed E-state index contributed by atoms with van der Waals surface area (Å²) in [7, 11) is 0. The van der Waals surface area contributed by atoms with E-state index >= 15 is 0 Å². The molecule has 0 saturated heterocycles. The summed E-state index contributed by atoms with van der Waals surface area (Å²) in [6.07, 6.45) is 0.980. The molecule has 0 radical (unpaired) electrons. The van der Waals surface area contributed by atoms with Crippen LogP contribution in [-0.4, -0.2) is 36.6 Å². The van der Waals surface area contributed by atoms with E-state index in [0.29, 0.717) is 17.8 Å². The average Bonchev–Trinajstić information content (AvgIpc) is 3.20.